The average Bonchev–Trinajstić information content (AvgIpc) is 3.81. The maximum absolute atomic E-state index is 6.31. The summed E-state index contributed by atoms with van der Waals surface area (Å²) in [4.78, 5) is 0. The van der Waals surface area contributed by atoms with Crippen molar-refractivity contribution in [1.29, 1.82) is 0 Å². The maximum Gasteiger partial charge on any atom is 0.136 e. The molecule has 0 fully saturated rings. The van der Waals surface area contributed by atoms with E-state index in [2.05, 4.69) is 176 Å². The van der Waals surface area contributed by atoms with Crippen molar-refractivity contribution in [2.45, 2.75) is 0 Å². The van der Waals surface area contributed by atoms with Gasteiger partial charge in [0.05, 0.1) is 0 Å². The third kappa shape index (κ3) is 4.20. The predicted octanol–water partition coefficient (Wildman–Crippen LogP) is 15.6. The maximum atomic E-state index is 6.31. The van der Waals surface area contributed by atoms with Gasteiger partial charge in [0.1, 0.15) is 11.2 Å². The molecule has 0 saturated carbocycles. The molecule has 0 bridgehead atoms. The zero-order chi connectivity index (χ0) is 35.3. The fourth-order valence-corrected chi connectivity index (χ4v) is 10.5. The fourth-order valence-electron chi connectivity index (χ4n) is 9.12. The van der Waals surface area contributed by atoms with Crippen molar-refractivity contribution in [1.82, 2.24) is 0 Å². The van der Waals surface area contributed by atoms with E-state index in [1.807, 2.05) is 17.4 Å². The van der Waals surface area contributed by atoms with Crippen LogP contribution in [0.5, 0.6) is 0 Å². The normalized spacial score (nSPS) is 12.1. The topological polar surface area (TPSA) is 13.1 Å². The number of thiophene rings is 1. The molecular weight excluding hydrogens is 673 g/mol. The summed E-state index contributed by atoms with van der Waals surface area (Å²) in [6.07, 6.45) is 0. The van der Waals surface area contributed by atoms with Crippen LogP contribution in [-0.4, -0.2) is 0 Å². The number of para-hydroxylation sites is 1. The second-order valence-electron chi connectivity index (χ2n) is 14.3. The summed E-state index contributed by atoms with van der Waals surface area (Å²) in [7, 11) is 0. The molecule has 0 radical (unpaired) electrons. The molecule has 1 nitrogen and oxygen atoms in total. The van der Waals surface area contributed by atoms with E-state index >= 15 is 0 Å². The Bertz CT molecular complexity index is 3450. The Labute approximate surface area is 314 Å². The molecule has 0 spiro atoms. The highest BCUT2D eigenvalue weighted by atomic mass is 32.1. The van der Waals surface area contributed by atoms with E-state index in [4.69, 9.17) is 4.42 Å². The van der Waals surface area contributed by atoms with Crippen molar-refractivity contribution < 1.29 is 4.42 Å². The van der Waals surface area contributed by atoms with Crippen LogP contribution < -0.4 is 0 Å². The van der Waals surface area contributed by atoms with Gasteiger partial charge in [0, 0.05) is 36.3 Å². The SMILES string of the molecule is c1cc(-c2c3ccccc3c(-c3cccc4ccccc34)c3ccccc23)cc(-c2cc3c4ccc5oc6ccccc6c5c4sc3c3ccccc23)c1. The van der Waals surface area contributed by atoms with Gasteiger partial charge in [-0.05, 0) is 101 Å². The van der Waals surface area contributed by atoms with E-state index in [0.717, 1.165) is 11.2 Å². The highest BCUT2D eigenvalue weighted by Crippen LogP contribution is 2.49. The van der Waals surface area contributed by atoms with Gasteiger partial charge < -0.3 is 4.42 Å². The molecule has 2 aromatic heterocycles. The van der Waals surface area contributed by atoms with Crippen molar-refractivity contribution in [3.8, 4) is 33.4 Å². The molecule has 250 valence electrons. The first-order valence-corrected chi connectivity index (χ1v) is 19.3. The van der Waals surface area contributed by atoms with E-state index in [1.54, 1.807) is 0 Å². The predicted molar refractivity (Wildman–Crippen MR) is 233 cm³/mol. The summed E-state index contributed by atoms with van der Waals surface area (Å²) in [5.74, 6) is 0. The minimum atomic E-state index is 0.935. The summed E-state index contributed by atoms with van der Waals surface area (Å²) >= 11 is 1.89. The molecule has 0 aliphatic rings. The van der Waals surface area contributed by atoms with Crippen LogP contribution in [0.25, 0.3) is 119 Å². The Hall–Kier alpha value is -6.74. The van der Waals surface area contributed by atoms with Gasteiger partial charge in [0.15, 0.2) is 0 Å². The van der Waals surface area contributed by atoms with Gasteiger partial charge >= 0.3 is 0 Å². The van der Waals surface area contributed by atoms with Gasteiger partial charge in [0.2, 0.25) is 0 Å². The van der Waals surface area contributed by atoms with E-state index in [-0.39, 0.29) is 0 Å². The Balaban J connectivity index is 1.12. The zero-order valence-electron chi connectivity index (χ0n) is 29.1. The lowest BCUT2D eigenvalue weighted by atomic mass is 9.84. The summed E-state index contributed by atoms with van der Waals surface area (Å²) in [5.41, 5.74) is 9.39. The summed E-state index contributed by atoms with van der Waals surface area (Å²) < 4.78 is 8.92. The average molecular weight is 703 g/mol. The number of furan rings is 1. The molecule has 0 atom stereocenters. The van der Waals surface area contributed by atoms with E-state index in [0.29, 0.717) is 0 Å². The Kier molecular flexibility index (Phi) is 6.28. The number of hydrogen-bond donors (Lipinski definition) is 0. The van der Waals surface area contributed by atoms with Crippen molar-refractivity contribution >= 4 is 96.5 Å². The van der Waals surface area contributed by atoms with Crippen LogP contribution >= 0.6 is 11.3 Å². The molecule has 12 aromatic rings. The molecule has 0 saturated heterocycles. The minimum absolute atomic E-state index is 0.935. The molecule has 0 aliphatic heterocycles. The Morgan fingerprint density at radius 3 is 1.67 bits per heavy atom. The molecule has 2 heterocycles. The molecule has 10 aromatic carbocycles. The Morgan fingerprint density at radius 2 is 0.889 bits per heavy atom. The standard InChI is InChI=1S/C52H30OS/c1-2-17-34-31(13-1)14-12-25-36(34)49-39-21-6-4-19-37(39)48(38-20-5-7-22-40(38)49)33-16-11-15-32(29-33)44-30-45-42-27-28-47-50(43-24-9-10-26-46(43)53-47)52(42)54-51(45)41-23-8-3-18-35(41)44/h1-30H. The highest BCUT2D eigenvalue weighted by molar-refractivity contribution is 7.27. The molecule has 12 rings (SSSR count). The summed E-state index contributed by atoms with van der Waals surface area (Å²) in [6, 6.07) is 66.7. The third-order valence-corrected chi connectivity index (χ3v) is 12.7. The molecule has 0 aliphatic carbocycles. The van der Waals surface area contributed by atoms with Crippen LogP contribution in [0.3, 0.4) is 0 Å². The number of benzene rings is 10. The first-order chi connectivity index (χ1) is 26.8. The molecule has 0 unspecified atom stereocenters. The van der Waals surface area contributed by atoms with Crippen molar-refractivity contribution in [3.63, 3.8) is 0 Å². The molecule has 2 heteroatoms. The van der Waals surface area contributed by atoms with E-state index < -0.39 is 0 Å². The van der Waals surface area contributed by atoms with Gasteiger partial charge in [-0.25, -0.2) is 0 Å². The van der Waals surface area contributed by atoms with Crippen molar-refractivity contribution in [2.75, 3.05) is 0 Å². The molecule has 0 amide bonds. The number of fused-ring (bicyclic) bond motifs is 12. The molecule has 0 N–H and O–H groups in total. The lowest BCUT2D eigenvalue weighted by Gasteiger charge is -2.19. The minimum Gasteiger partial charge on any atom is -0.456 e. The third-order valence-electron chi connectivity index (χ3n) is 11.4. The largest absolute Gasteiger partial charge is 0.456 e. The highest BCUT2D eigenvalue weighted by Gasteiger charge is 2.20. The zero-order valence-corrected chi connectivity index (χ0v) is 30.0. The lowest BCUT2D eigenvalue weighted by Crippen LogP contribution is -1.92. The first kappa shape index (κ1) is 29.8. The van der Waals surface area contributed by atoms with Gasteiger partial charge in [0.25, 0.3) is 0 Å². The van der Waals surface area contributed by atoms with Crippen molar-refractivity contribution in [2.24, 2.45) is 0 Å². The lowest BCUT2D eigenvalue weighted by molar-refractivity contribution is 0.669. The smallest absolute Gasteiger partial charge is 0.136 e. The molecular formula is C52H30OS. The van der Waals surface area contributed by atoms with Gasteiger partial charge in [-0.15, -0.1) is 11.3 Å². The van der Waals surface area contributed by atoms with Gasteiger partial charge in [-0.1, -0.05) is 152 Å². The van der Waals surface area contributed by atoms with Crippen LogP contribution in [0, 0.1) is 0 Å². The Morgan fingerprint density at radius 1 is 0.315 bits per heavy atom. The van der Waals surface area contributed by atoms with Gasteiger partial charge in [-0.3, -0.25) is 0 Å². The van der Waals surface area contributed by atoms with Crippen LogP contribution in [0.2, 0.25) is 0 Å². The quantitative estimate of drug-likeness (QED) is 0.167. The summed E-state index contributed by atoms with van der Waals surface area (Å²) in [6.45, 7) is 0. The second kappa shape index (κ2) is 11.4. The van der Waals surface area contributed by atoms with Crippen LogP contribution in [-0.2, 0) is 0 Å². The second-order valence-corrected chi connectivity index (χ2v) is 15.3. The van der Waals surface area contributed by atoms with Crippen LogP contribution in [0.15, 0.2) is 186 Å². The van der Waals surface area contributed by atoms with Gasteiger partial charge in [-0.2, -0.15) is 0 Å². The van der Waals surface area contributed by atoms with Crippen LogP contribution in [0.1, 0.15) is 0 Å². The monoisotopic (exact) mass is 702 g/mol. The number of hydrogen-bond acceptors (Lipinski definition) is 2. The van der Waals surface area contributed by atoms with E-state index in [1.165, 1.54) is 107 Å². The summed E-state index contributed by atoms with van der Waals surface area (Å²) in [5, 5.41) is 15.1. The number of rotatable bonds is 3. The van der Waals surface area contributed by atoms with Crippen LogP contribution in [0.4, 0.5) is 0 Å². The molecule has 54 heavy (non-hydrogen) atoms. The van der Waals surface area contributed by atoms with Crippen molar-refractivity contribution in [3.05, 3.63) is 182 Å². The first-order valence-electron chi connectivity index (χ1n) is 18.5. The van der Waals surface area contributed by atoms with E-state index in [9.17, 15) is 0 Å². The fraction of sp³-hybridized carbons (Fsp3) is 0.